The van der Waals surface area contributed by atoms with Crippen LogP contribution < -0.4 is 4.74 Å². The van der Waals surface area contributed by atoms with Crippen LogP contribution in [0.2, 0.25) is 0 Å². The standard InChI is InChI=1S/C13H9FINO3/c14-13-9(2-1-3-12(13)16(17)18)8-19-11-6-4-10(15)5-7-11/h1-7H,8H2. The normalized spacial score (nSPS) is 10.2. The molecule has 19 heavy (non-hydrogen) atoms. The lowest BCUT2D eigenvalue weighted by Gasteiger charge is -2.07. The summed E-state index contributed by atoms with van der Waals surface area (Å²) in [5, 5.41) is 10.6. The summed E-state index contributed by atoms with van der Waals surface area (Å²) < 4.78 is 20.2. The number of nitro groups is 1. The lowest BCUT2D eigenvalue weighted by molar-refractivity contribution is -0.387. The van der Waals surface area contributed by atoms with Gasteiger partial charge >= 0.3 is 5.69 Å². The van der Waals surface area contributed by atoms with Crippen LogP contribution in [0.4, 0.5) is 10.1 Å². The topological polar surface area (TPSA) is 52.4 Å². The Morgan fingerprint density at radius 2 is 1.89 bits per heavy atom. The first-order valence-electron chi connectivity index (χ1n) is 5.38. The van der Waals surface area contributed by atoms with Gasteiger partial charge in [0.05, 0.1) is 4.92 Å². The molecule has 0 heterocycles. The minimum Gasteiger partial charge on any atom is -0.489 e. The highest BCUT2D eigenvalue weighted by atomic mass is 127. The van der Waals surface area contributed by atoms with Crippen molar-refractivity contribution >= 4 is 28.3 Å². The third kappa shape index (κ3) is 3.40. The van der Waals surface area contributed by atoms with Crippen molar-refractivity contribution in [2.45, 2.75) is 6.61 Å². The molecular formula is C13H9FINO3. The fourth-order valence-electron chi connectivity index (χ4n) is 1.51. The van der Waals surface area contributed by atoms with Crippen molar-refractivity contribution < 1.29 is 14.1 Å². The van der Waals surface area contributed by atoms with E-state index in [2.05, 4.69) is 22.6 Å². The Kier molecular flexibility index (Phi) is 4.31. The third-order valence-electron chi connectivity index (χ3n) is 2.46. The predicted octanol–water partition coefficient (Wildman–Crippen LogP) is 3.92. The van der Waals surface area contributed by atoms with Gasteiger partial charge in [-0.1, -0.05) is 12.1 Å². The zero-order chi connectivity index (χ0) is 13.8. The van der Waals surface area contributed by atoms with Crippen LogP contribution in [0.25, 0.3) is 0 Å². The number of benzene rings is 2. The summed E-state index contributed by atoms with van der Waals surface area (Å²) in [6, 6.07) is 11.3. The van der Waals surface area contributed by atoms with E-state index in [1.165, 1.54) is 12.1 Å². The highest BCUT2D eigenvalue weighted by molar-refractivity contribution is 14.1. The summed E-state index contributed by atoms with van der Waals surface area (Å²) in [6.07, 6.45) is 0. The van der Waals surface area contributed by atoms with Crippen molar-refractivity contribution in [2.75, 3.05) is 0 Å². The van der Waals surface area contributed by atoms with Crippen molar-refractivity contribution in [1.82, 2.24) is 0 Å². The van der Waals surface area contributed by atoms with E-state index >= 15 is 0 Å². The molecule has 0 fully saturated rings. The molecule has 0 bridgehead atoms. The molecule has 0 unspecified atom stereocenters. The molecule has 0 aliphatic rings. The molecule has 0 saturated heterocycles. The zero-order valence-electron chi connectivity index (χ0n) is 9.68. The average molecular weight is 373 g/mol. The van der Waals surface area contributed by atoms with E-state index < -0.39 is 16.4 Å². The van der Waals surface area contributed by atoms with E-state index in [0.717, 1.165) is 9.64 Å². The molecular weight excluding hydrogens is 364 g/mol. The van der Waals surface area contributed by atoms with Gasteiger partial charge in [-0.25, -0.2) is 0 Å². The molecule has 4 nitrogen and oxygen atoms in total. The van der Waals surface area contributed by atoms with Crippen LogP contribution in [0.5, 0.6) is 5.75 Å². The second-order valence-electron chi connectivity index (χ2n) is 3.75. The third-order valence-corrected chi connectivity index (χ3v) is 3.18. The van der Waals surface area contributed by atoms with Crippen molar-refractivity contribution in [3.8, 4) is 5.75 Å². The van der Waals surface area contributed by atoms with E-state index in [-0.39, 0.29) is 12.2 Å². The van der Waals surface area contributed by atoms with Gasteiger partial charge in [0.2, 0.25) is 5.82 Å². The average Bonchev–Trinajstić information content (AvgIpc) is 2.39. The second-order valence-corrected chi connectivity index (χ2v) is 5.00. The quantitative estimate of drug-likeness (QED) is 0.464. The summed E-state index contributed by atoms with van der Waals surface area (Å²) in [4.78, 5) is 9.86. The number of rotatable bonds is 4. The van der Waals surface area contributed by atoms with Crippen molar-refractivity contribution in [3.63, 3.8) is 0 Å². The maximum atomic E-state index is 13.8. The highest BCUT2D eigenvalue weighted by Crippen LogP contribution is 2.22. The van der Waals surface area contributed by atoms with Crippen LogP contribution in [0.15, 0.2) is 42.5 Å². The van der Waals surface area contributed by atoms with E-state index in [1.54, 1.807) is 12.1 Å². The summed E-state index contributed by atoms with van der Waals surface area (Å²) >= 11 is 2.16. The van der Waals surface area contributed by atoms with Gasteiger partial charge in [-0.15, -0.1) is 0 Å². The fraction of sp³-hybridized carbons (Fsp3) is 0.0769. The van der Waals surface area contributed by atoms with Crippen molar-refractivity contribution in [3.05, 3.63) is 67.5 Å². The van der Waals surface area contributed by atoms with E-state index in [9.17, 15) is 14.5 Å². The minimum atomic E-state index is -0.849. The molecule has 0 aliphatic carbocycles. The molecule has 0 amide bonds. The van der Waals surface area contributed by atoms with Gasteiger partial charge < -0.3 is 4.74 Å². The van der Waals surface area contributed by atoms with Gasteiger partial charge in [0.25, 0.3) is 0 Å². The number of nitrogens with zero attached hydrogens (tertiary/aromatic N) is 1. The van der Waals surface area contributed by atoms with E-state index in [4.69, 9.17) is 4.74 Å². The number of nitro benzene ring substituents is 1. The Balaban J connectivity index is 2.13. The number of hydrogen-bond acceptors (Lipinski definition) is 3. The monoisotopic (exact) mass is 373 g/mol. The van der Waals surface area contributed by atoms with Crippen LogP contribution in [-0.2, 0) is 6.61 Å². The van der Waals surface area contributed by atoms with Crippen LogP contribution in [0.1, 0.15) is 5.56 Å². The molecule has 2 aromatic carbocycles. The summed E-state index contributed by atoms with van der Waals surface area (Å²) in [7, 11) is 0. The Hall–Kier alpha value is -1.70. The maximum Gasteiger partial charge on any atom is 0.305 e. The Bertz CT molecular complexity index is 601. The van der Waals surface area contributed by atoms with Crippen LogP contribution in [-0.4, -0.2) is 4.92 Å². The largest absolute Gasteiger partial charge is 0.489 e. The molecule has 0 radical (unpaired) electrons. The molecule has 0 saturated carbocycles. The Labute approximate surface area is 122 Å². The molecule has 0 aliphatic heterocycles. The van der Waals surface area contributed by atoms with Gasteiger partial charge in [0.1, 0.15) is 12.4 Å². The molecule has 0 aromatic heterocycles. The zero-order valence-corrected chi connectivity index (χ0v) is 11.8. The van der Waals surface area contributed by atoms with E-state index in [0.29, 0.717) is 5.75 Å². The maximum absolute atomic E-state index is 13.8. The summed E-state index contributed by atoms with van der Waals surface area (Å²) in [5.41, 5.74) is -0.378. The van der Waals surface area contributed by atoms with Crippen LogP contribution in [0.3, 0.4) is 0 Å². The van der Waals surface area contributed by atoms with Gasteiger partial charge in [0.15, 0.2) is 0 Å². The second kappa shape index (κ2) is 5.96. The molecule has 0 atom stereocenters. The Morgan fingerprint density at radius 1 is 1.21 bits per heavy atom. The van der Waals surface area contributed by atoms with Gasteiger partial charge in [-0.05, 0) is 46.9 Å². The molecule has 2 aromatic rings. The highest BCUT2D eigenvalue weighted by Gasteiger charge is 2.17. The number of hydrogen-bond donors (Lipinski definition) is 0. The lowest BCUT2D eigenvalue weighted by Crippen LogP contribution is -2.01. The first-order valence-corrected chi connectivity index (χ1v) is 6.46. The van der Waals surface area contributed by atoms with Crippen LogP contribution >= 0.6 is 22.6 Å². The fourth-order valence-corrected chi connectivity index (χ4v) is 1.87. The minimum absolute atomic E-state index is 0.0475. The lowest BCUT2D eigenvalue weighted by atomic mass is 10.2. The molecule has 2 rings (SSSR count). The first-order chi connectivity index (χ1) is 9.08. The van der Waals surface area contributed by atoms with Gasteiger partial charge in [-0.2, -0.15) is 4.39 Å². The molecule has 6 heteroatoms. The number of halogens is 2. The predicted molar refractivity (Wildman–Crippen MR) is 76.5 cm³/mol. The van der Waals surface area contributed by atoms with Crippen LogP contribution in [0, 0.1) is 19.5 Å². The van der Waals surface area contributed by atoms with Gasteiger partial charge in [-0.3, -0.25) is 10.1 Å². The van der Waals surface area contributed by atoms with Crippen molar-refractivity contribution in [2.24, 2.45) is 0 Å². The molecule has 98 valence electrons. The number of ether oxygens (including phenoxy) is 1. The molecule has 0 spiro atoms. The first kappa shape index (κ1) is 13.7. The smallest absolute Gasteiger partial charge is 0.305 e. The molecule has 0 N–H and O–H groups in total. The van der Waals surface area contributed by atoms with Crippen molar-refractivity contribution in [1.29, 1.82) is 0 Å². The summed E-state index contributed by atoms with van der Waals surface area (Å²) in [6.45, 7) is -0.0475. The Morgan fingerprint density at radius 3 is 2.53 bits per heavy atom. The van der Waals surface area contributed by atoms with Gasteiger partial charge in [0, 0.05) is 15.2 Å². The van der Waals surface area contributed by atoms with E-state index in [1.807, 2.05) is 12.1 Å². The summed E-state index contributed by atoms with van der Waals surface area (Å²) in [5.74, 6) is -0.260. The SMILES string of the molecule is O=[N+]([O-])c1cccc(COc2ccc(I)cc2)c1F.